The lowest BCUT2D eigenvalue weighted by atomic mass is 9.99. The van der Waals surface area contributed by atoms with Crippen molar-refractivity contribution < 1.29 is 53.1 Å². The van der Waals surface area contributed by atoms with Crippen molar-refractivity contribution in [3.63, 3.8) is 0 Å². The Morgan fingerprint density at radius 3 is 1.75 bits per heavy atom. The highest BCUT2D eigenvalue weighted by Crippen LogP contribution is 2.16. The maximum Gasteiger partial charge on any atom is 0.326 e. The summed E-state index contributed by atoms with van der Waals surface area (Å²) in [5.41, 5.74) is 11.7. The molecule has 20 heteroatoms. The third kappa shape index (κ3) is 19.0. The van der Waals surface area contributed by atoms with E-state index in [-0.39, 0.29) is 37.5 Å². The molecule has 0 saturated heterocycles. The lowest BCUT2D eigenvalue weighted by Gasteiger charge is -2.27. The van der Waals surface area contributed by atoms with Crippen LogP contribution >= 0.6 is 0 Å². The van der Waals surface area contributed by atoms with Crippen molar-refractivity contribution in [3.8, 4) is 0 Å². The molecule has 0 spiro atoms. The first-order valence-corrected chi connectivity index (χ1v) is 19.4. The predicted molar refractivity (Wildman–Crippen MR) is 220 cm³/mol. The van der Waals surface area contributed by atoms with Crippen molar-refractivity contribution in [2.75, 3.05) is 13.1 Å². The van der Waals surface area contributed by atoms with Crippen LogP contribution in [0.5, 0.6) is 0 Å². The van der Waals surface area contributed by atoms with Gasteiger partial charge in [-0.1, -0.05) is 88.4 Å². The smallest absolute Gasteiger partial charge is 0.326 e. The van der Waals surface area contributed by atoms with Gasteiger partial charge in [0.2, 0.25) is 53.2 Å². The van der Waals surface area contributed by atoms with E-state index in [0.29, 0.717) is 11.1 Å². The molecule has 2 aromatic carbocycles. The van der Waals surface area contributed by atoms with Crippen LogP contribution in [-0.4, -0.2) is 101 Å². The van der Waals surface area contributed by atoms with Crippen LogP contribution in [0.1, 0.15) is 64.1 Å². The van der Waals surface area contributed by atoms with Gasteiger partial charge in [-0.05, 0) is 35.8 Å². The quantitative estimate of drug-likeness (QED) is 0.0505. The molecule has 0 bridgehead atoms. The molecule has 20 nitrogen and oxygen atoms in total. The minimum absolute atomic E-state index is 0.00877. The van der Waals surface area contributed by atoms with Crippen LogP contribution in [0.4, 0.5) is 0 Å². The Labute approximate surface area is 352 Å². The SMILES string of the molecule is CC(C)C[C@H](NC(=O)[C@@H](NC(=O)[C@H](CCC(N)=O)NC(=O)/C=C/C(=O)NCC(=O)NCC(=O)N[C@@H](Cc1ccccc1)C(=O)O)c1ccccc1)C(=O)N[C@H](C(N)=O)C(C)C. The van der Waals surface area contributed by atoms with Crippen LogP contribution in [0.2, 0.25) is 0 Å². The number of rotatable bonds is 25. The van der Waals surface area contributed by atoms with E-state index in [1.54, 1.807) is 74.5 Å². The van der Waals surface area contributed by atoms with Crippen LogP contribution < -0.4 is 48.7 Å². The number of hydrogen-bond acceptors (Lipinski definition) is 10. The van der Waals surface area contributed by atoms with Crippen LogP contribution in [0.15, 0.2) is 72.8 Å². The van der Waals surface area contributed by atoms with Gasteiger partial charge in [0.05, 0.1) is 13.1 Å². The average molecular weight is 850 g/mol. The van der Waals surface area contributed by atoms with Crippen molar-refractivity contribution >= 4 is 59.1 Å². The number of primary amides is 2. The maximum atomic E-state index is 13.8. The van der Waals surface area contributed by atoms with E-state index in [2.05, 4.69) is 37.2 Å². The highest BCUT2D eigenvalue weighted by molar-refractivity contribution is 6.00. The summed E-state index contributed by atoms with van der Waals surface area (Å²) in [6, 6.07) is 10.2. The van der Waals surface area contributed by atoms with E-state index in [1.165, 1.54) is 0 Å². The number of carbonyl (C=O) groups excluding carboxylic acids is 9. The fourth-order valence-corrected chi connectivity index (χ4v) is 5.66. The third-order valence-electron chi connectivity index (χ3n) is 8.78. The van der Waals surface area contributed by atoms with Gasteiger partial charge in [0.15, 0.2) is 0 Å². The minimum Gasteiger partial charge on any atom is -0.480 e. The molecule has 5 atom stereocenters. The zero-order chi connectivity index (χ0) is 45.6. The molecule has 0 fully saturated rings. The van der Waals surface area contributed by atoms with Gasteiger partial charge >= 0.3 is 5.97 Å². The number of benzene rings is 2. The Bertz CT molecular complexity index is 1910. The van der Waals surface area contributed by atoms with Gasteiger partial charge in [0.1, 0.15) is 30.2 Å². The summed E-state index contributed by atoms with van der Waals surface area (Å²) in [4.78, 5) is 126. The first kappa shape index (κ1) is 50.0. The molecule has 0 unspecified atom stereocenters. The van der Waals surface area contributed by atoms with Crippen molar-refractivity contribution in [2.45, 2.75) is 83.6 Å². The summed E-state index contributed by atoms with van der Waals surface area (Å²) in [5, 5.41) is 26.4. The molecule has 2 aromatic rings. The fraction of sp³-hybridized carbons (Fsp3) is 0.415. The lowest BCUT2D eigenvalue weighted by molar-refractivity contribution is -0.141. The molecule has 9 amide bonds. The largest absolute Gasteiger partial charge is 0.480 e. The van der Waals surface area contributed by atoms with E-state index < -0.39 is 102 Å². The highest BCUT2D eigenvalue weighted by Gasteiger charge is 2.33. The number of hydrogen-bond donors (Lipinski definition) is 10. The zero-order valence-electron chi connectivity index (χ0n) is 34.4. The van der Waals surface area contributed by atoms with E-state index in [9.17, 15) is 53.1 Å². The number of nitrogens with one attached hydrogen (secondary N) is 7. The lowest BCUT2D eigenvalue weighted by Crippen LogP contribution is -2.56. The van der Waals surface area contributed by atoms with Crippen molar-refractivity contribution in [3.05, 3.63) is 83.9 Å². The summed E-state index contributed by atoms with van der Waals surface area (Å²) in [6.07, 6.45) is 0.981. The molecule has 0 radical (unpaired) electrons. The van der Waals surface area contributed by atoms with Gasteiger partial charge < -0.3 is 53.8 Å². The van der Waals surface area contributed by atoms with Gasteiger partial charge in [-0.2, -0.15) is 0 Å². The van der Waals surface area contributed by atoms with E-state index in [4.69, 9.17) is 11.5 Å². The molecular formula is C41H55N9O11. The monoisotopic (exact) mass is 849 g/mol. The summed E-state index contributed by atoms with van der Waals surface area (Å²) < 4.78 is 0. The minimum atomic E-state index is -1.46. The number of amides is 9. The summed E-state index contributed by atoms with van der Waals surface area (Å²) in [7, 11) is 0. The molecule has 0 aliphatic rings. The Balaban J connectivity index is 2.08. The number of aliphatic carboxylic acids is 1. The fourth-order valence-electron chi connectivity index (χ4n) is 5.66. The summed E-state index contributed by atoms with van der Waals surface area (Å²) in [6.45, 7) is 5.80. The number of nitrogens with two attached hydrogens (primary N) is 2. The molecular weight excluding hydrogens is 795 g/mol. The van der Waals surface area contributed by atoms with Crippen LogP contribution in [0, 0.1) is 11.8 Å². The number of carboxylic acids is 1. The van der Waals surface area contributed by atoms with Gasteiger partial charge in [-0.25, -0.2) is 4.79 Å². The Morgan fingerprint density at radius 1 is 0.623 bits per heavy atom. The first-order chi connectivity index (χ1) is 28.8. The van der Waals surface area contributed by atoms with E-state index in [1.807, 2.05) is 13.8 Å². The van der Waals surface area contributed by atoms with Gasteiger partial charge in [0.25, 0.3) is 0 Å². The molecule has 2 rings (SSSR count). The van der Waals surface area contributed by atoms with E-state index >= 15 is 0 Å². The Kier molecular flexibility index (Phi) is 20.8. The van der Waals surface area contributed by atoms with Gasteiger partial charge in [-0.15, -0.1) is 0 Å². The number of carbonyl (C=O) groups is 10. The van der Waals surface area contributed by atoms with E-state index in [0.717, 1.165) is 12.2 Å². The van der Waals surface area contributed by atoms with Crippen LogP contribution in [0.3, 0.4) is 0 Å². The van der Waals surface area contributed by atoms with Crippen molar-refractivity contribution in [2.24, 2.45) is 23.3 Å². The number of carboxylic acid groups (broad SMARTS) is 1. The highest BCUT2D eigenvalue weighted by atomic mass is 16.4. The maximum absolute atomic E-state index is 13.8. The van der Waals surface area contributed by atoms with Crippen molar-refractivity contribution in [1.82, 2.24) is 37.2 Å². The van der Waals surface area contributed by atoms with Crippen LogP contribution in [-0.2, 0) is 54.4 Å². The third-order valence-corrected chi connectivity index (χ3v) is 8.78. The first-order valence-electron chi connectivity index (χ1n) is 19.4. The predicted octanol–water partition coefficient (Wildman–Crippen LogP) is -1.65. The second-order valence-electron chi connectivity index (χ2n) is 14.7. The molecule has 330 valence electrons. The second-order valence-corrected chi connectivity index (χ2v) is 14.7. The summed E-state index contributed by atoms with van der Waals surface area (Å²) >= 11 is 0. The average Bonchev–Trinajstić information content (AvgIpc) is 3.20. The standard InChI is InChI=1S/C41H55N9O11/c1-23(2)19-28(39(58)49-35(24(3)4)37(43)56)48-40(59)36(26-13-9-6-10-14-26)50-38(57)27(15-16-30(42)51)46-32(53)18-17-31(52)44-21-33(54)45-22-34(55)47-29(41(60)61)20-25-11-7-5-8-12-25/h5-14,17-18,23-24,27-29,35-36H,15-16,19-22H2,1-4H3,(H2,42,51)(H2,43,56)(H,44,52)(H,45,54)(H,46,53)(H,47,55)(H,48,59)(H,49,58)(H,50,57)(H,60,61)/b18-17+/t27-,28-,29-,35-,36-/m0/s1. The van der Waals surface area contributed by atoms with Crippen LogP contribution in [0.25, 0.3) is 0 Å². The molecule has 0 aliphatic carbocycles. The van der Waals surface area contributed by atoms with Gasteiger partial charge in [0, 0.05) is 25.0 Å². The van der Waals surface area contributed by atoms with Gasteiger partial charge in [-0.3, -0.25) is 43.2 Å². The molecule has 61 heavy (non-hydrogen) atoms. The molecule has 0 aromatic heterocycles. The summed E-state index contributed by atoms with van der Waals surface area (Å²) in [5.74, 6) is -9.19. The Hall–Kier alpha value is -7.12. The second kappa shape index (κ2) is 25.4. The normalized spacial score (nSPS) is 13.4. The topological polar surface area (TPSA) is 327 Å². The zero-order valence-corrected chi connectivity index (χ0v) is 34.4. The Morgan fingerprint density at radius 2 is 1.20 bits per heavy atom. The van der Waals surface area contributed by atoms with Crippen molar-refractivity contribution in [1.29, 1.82) is 0 Å². The molecule has 0 aliphatic heterocycles. The molecule has 12 N–H and O–H groups in total. The molecule has 0 saturated carbocycles. The molecule has 0 heterocycles.